The number of furan rings is 3. The van der Waals surface area contributed by atoms with Gasteiger partial charge in [0.2, 0.25) is 0 Å². The Kier molecular flexibility index (Phi) is 15.9. The fourth-order valence-corrected chi connectivity index (χ4v) is 15.7. The Bertz CT molecular complexity index is 4460. The SMILES string of the molecule is BC/C(B)=C(/B)c1oc2c(B)c(B)c(B)c(C3=C(B)C(N(C/C(B)=C(B)\C(=C(\B)C#C)c4c(B)c(B)c(B)c5oc6c(c45)C(B)C(B)=C6B)C4C(B)=C(B)C(c5c(B)c(B)c(B)c6oc7c(c56)C(B)C(B)=C7B)=C4B)C(B)=C3B)c2c1C#C. The van der Waals surface area contributed by atoms with E-state index in [1.165, 1.54) is 165 Å². The van der Waals surface area contributed by atoms with E-state index in [0.29, 0.717) is 6.54 Å². The van der Waals surface area contributed by atoms with Crippen molar-refractivity contribution in [3.8, 4) is 24.7 Å². The highest BCUT2D eigenvalue weighted by molar-refractivity contribution is 6.65. The molecule has 0 N–H and O–H groups in total. The van der Waals surface area contributed by atoms with Crippen molar-refractivity contribution in [2.24, 2.45) is 0 Å². The van der Waals surface area contributed by atoms with Crippen LogP contribution in [0.4, 0.5) is 0 Å². The summed E-state index contributed by atoms with van der Waals surface area (Å²) in [4.78, 5) is 2.85. The van der Waals surface area contributed by atoms with Gasteiger partial charge in [-0.3, -0.25) is 4.90 Å². The molecule has 4 unspecified atom stereocenters. The minimum absolute atomic E-state index is 0.0523. The van der Waals surface area contributed by atoms with Crippen LogP contribution in [0.3, 0.4) is 0 Å². The standard InChI is InChI=1S/C52H64B27NO3/c1-3-7-11-13(24(59)33(68)40(75)48(11)81-47(7)23(58)9(55)5-53)18-27(62)38(73)45(31(18)66)80(46-32(67)19(28(63)39(46)74)15-17-21-30(65)37(72)44(79)52(21)83-50(17)42(77)35(70)26(15)61)6-10(56)22(57)12(8(54)4-2)14-16-20-29(64)36(71)43(78)51(20)82-49(16)41(76)34(69)25(14)60/h1-2,29-30,45-46H,5-6,53-79H2/b12-8+,22-10-,23-9-. The number of nitrogens with zero attached hydrogens (tertiary/aromatic N) is 1. The van der Waals surface area contributed by atoms with E-state index in [9.17, 15) is 0 Å². The van der Waals surface area contributed by atoms with Gasteiger partial charge in [0, 0.05) is 45.9 Å². The molecular formula is C52H64B27NO3. The minimum Gasteiger partial charge on any atom is -0.458 e. The Hall–Kier alpha value is -5.23. The lowest BCUT2D eigenvalue weighted by atomic mass is 9.62. The maximum Gasteiger partial charge on any atom is 0.151 e. The monoisotopic (exact) mass is 1050 g/mol. The Labute approximate surface area is 519 Å². The first-order valence-electron chi connectivity index (χ1n) is 30.5. The average molecular weight is 1040 g/mol. The van der Waals surface area contributed by atoms with Gasteiger partial charge in [-0.2, -0.15) is 0 Å². The Morgan fingerprint density at radius 3 is 1.34 bits per heavy atom. The summed E-state index contributed by atoms with van der Waals surface area (Å²) in [5.74, 6) is 9.76. The van der Waals surface area contributed by atoms with Gasteiger partial charge >= 0.3 is 0 Å². The topological polar surface area (TPSA) is 42.7 Å². The van der Waals surface area contributed by atoms with Crippen LogP contribution in [0.25, 0.3) is 66.0 Å². The van der Waals surface area contributed by atoms with Crippen molar-refractivity contribution in [2.75, 3.05) is 6.54 Å². The second-order valence-corrected chi connectivity index (χ2v) is 26.1. The second kappa shape index (κ2) is 21.6. The molecule has 6 aromatic rings. The Morgan fingerprint density at radius 1 is 0.470 bits per heavy atom. The van der Waals surface area contributed by atoms with Crippen molar-refractivity contribution in [1.29, 1.82) is 0 Å². The Morgan fingerprint density at radius 2 is 0.892 bits per heavy atom. The van der Waals surface area contributed by atoms with Gasteiger partial charge in [0.05, 0.1) is 5.56 Å². The fraction of sp³-hybridized carbons (Fsp3) is 0.115. The summed E-state index contributed by atoms with van der Waals surface area (Å²) >= 11 is 0. The molecule has 4 aliphatic carbocycles. The van der Waals surface area contributed by atoms with Crippen LogP contribution < -0.4 is 49.2 Å². The zero-order valence-corrected chi connectivity index (χ0v) is 55.6. The first-order chi connectivity index (χ1) is 39.0. The molecule has 4 atom stereocenters. The highest BCUT2D eigenvalue weighted by Crippen LogP contribution is 2.50. The molecule has 0 spiro atoms. The Balaban J connectivity index is 1.27. The highest BCUT2D eigenvalue weighted by Gasteiger charge is 2.43. The molecule has 83 heavy (non-hydrogen) atoms. The predicted molar refractivity (Wildman–Crippen MR) is 440 cm³/mol. The van der Waals surface area contributed by atoms with Crippen LogP contribution in [0.5, 0.6) is 0 Å². The van der Waals surface area contributed by atoms with Gasteiger partial charge < -0.3 is 13.3 Å². The van der Waals surface area contributed by atoms with Crippen LogP contribution in [-0.4, -0.2) is 235 Å². The largest absolute Gasteiger partial charge is 0.458 e. The normalized spacial score (nSPS) is 19.9. The zero-order valence-electron chi connectivity index (χ0n) is 55.6. The van der Waals surface area contributed by atoms with Crippen LogP contribution in [0.15, 0.2) is 78.9 Å². The first kappa shape index (κ1) is 60.9. The zero-order chi connectivity index (χ0) is 61.1. The number of hydrogen-bond donors (Lipinski definition) is 0. The minimum atomic E-state index is -0.0738. The maximum absolute atomic E-state index is 7.06. The molecule has 0 saturated heterocycles. The van der Waals surface area contributed by atoms with Gasteiger partial charge in [-0.05, 0) is 50.5 Å². The quantitative estimate of drug-likeness (QED) is 0.0779. The van der Waals surface area contributed by atoms with Crippen molar-refractivity contribution in [1.82, 2.24) is 4.90 Å². The molecule has 3 aromatic carbocycles. The molecule has 376 valence electrons. The lowest BCUT2D eigenvalue weighted by molar-refractivity contribution is 0.260. The van der Waals surface area contributed by atoms with Crippen LogP contribution >= 0.6 is 0 Å². The third-order valence-corrected chi connectivity index (χ3v) is 22.6. The third-order valence-electron chi connectivity index (χ3n) is 22.6. The van der Waals surface area contributed by atoms with Crippen molar-refractivity contribution >= 4 is 327 Å². The van der Waals surface area contributed by atoms with E-state index in [1.807, 2.05) is 0 Å². The number of fused-ring (bicyclic) bond motifs is 7. The van der Waals surface area contributed by atoms with E-state index >= 15 is 0 Å². The molecular weight excluding hydrogens is 978 g/mol. The molecule has 0 bridgehead atoms. The van der Waals surface area contributed by atoms with Crippen molar-refractivity contribution < 1.29 is 13.3 Å². The van der Waals surface area contributed by atoms with Crippen LogP contribution in [-0.2, 0) is 0 Å². The molecule has 0 aliphatic heterocycles. The molecule has 10 rings (SSSR count). The smallest absolute Gasteiger partial charge is 0.151 e. The molecule has 3 heterocycles. The molecule has 0 saturated carbocycles. The number of benzene rings is 3. The van der Waals surface area contributed by atoms with Gasteiger partial charge in [0.1, 0.15) is 238 Å². The summed E-state index contributed by atoms with van der Waals surface area (Å²) in [6, 6.07) is -0.126. The van der Waals surface area contributed by atoms with E-state index in [1.54, 1.807) is 0 Å². The number of hydrogen-bond acceptors (Lipinski definition) is 4. The van der Waals surface area contributed by atoms with Gasteiger partial charge in [0.25, 0.3) is 0 Å². The average Bonchev–Trinajstić information content (AvgIpc) is 1.78. The summed E-state index contributed by atoms with van der Waals surface area (Å²) in [5.41, 5.74) is 44.0. The number of terminal acetylenes is 2. The van der Waals surface area contributed by atoms with Crippen molar-refractivity contribution in [3.05, 3.63) is 116 Å². The maximum atomic E-state index is 7.06. The molecule has 4 aliphatic rings. The van der Waals surface area contributed by atoms with Gasteiger partial charge in [-0.15, -0.1) is 34.7 Å². The van der Waals surface area contributed by atoms with Gasteiger partial charge in [-0.1, -0.05) is 122 Å². The van der Waals surface area contributed by atoms with Crippen LogP contribution in [0, 0.1) is 24.7 Å². The molecule has 31 heteroatoms. The van der Waals surface area contributed by atoms with E-state index in [-0.39, 0.29) is 23.7 Å². The van der Waals surface area contributed by atoms with E-state index in [2.05, 4.69) is 229 Å². The summed E-state index contributed by atoms with van der Waals surface area (Å²) < 4.78 is 21.1. The predicted octanol–water partition coefficient (Wildman–Crippen LogP) is -22.0. The lowest BCUT2D eigenvalue weighted by Crippen LogP contribution is -2.48. The summed E-state index contributed by atoms with van der Waals surface area (Å²) in [6.07, 6.45) is 14.2. The van der Waals surface area contributed by atoms with Gasteiger partial charge in [0.15, 0.2) is 7.85 Å². The second-order valence-electron chi connectivity index (χ2n) is 26.1. The van der Waals surface area contributed by atoms with E-state index in [4.69, 9.17) is 26.1 Å². The summed E-state index contributed by atoms with van der Waals surface area (Å²) in [5, 5.41) is 3.53. The van der Waals surface area contributed by atoms with E-state index < -0.39 is 0 Å². The molecule has 0 amide bonds. The van der Waals surface area contributed by atoms with Crippen molar-refractivity contribution in [3.63, 3.8) is 0 Å². The van der Waals surface area contributed by atoms with Crippen LogP contribution in [0.2, 0.25) is 6.32 Å². The molecule has 0 radical (unpaired) electrons. The number of rotatable bonds is 10. The summed E-state index contributed by atoms with van der Waals surface area (Å²) in [6.45, 7) is 0.675. The first-order valence-corrected chi connectivity index (χ1v) is 30.5. The third kappa shape index (κ3) is 8.50. The van der Waals surface area contributed by atoms with Crippen molar-refractivity contribution in [2.45, 2.75) is 30.0 Å². The van der Waals surface area contributed by atoms with Crippen LogP contribution in [0.1, 0.15) is 62.3 Å². The van der Waals surface area contributed by atoms with Gasteiger partial charge in [-0.25, -0.2) is 0 Å². The fourth-order valence-electron chi connectivity index (χ4n) is 15.7. The molecule has 3 aromatic heterocycles. The highest BCUT2D eigenvalue weighted by atomic mass is 16.3. The number of allylic oxidation sites excluding steroid dienone is 10. The molecule has 0 fully saturated rings. The van der Waals surface area contributed by atoms with E-state index in [0.717, 1.165) is 73.3 Å². The lowest BCUT2D eigenvalue weighted by Gasteiger charge is -2.40. The molecule has 4 nitrogen and oxygen atoms in total. The summed E-state index contributed by atoms with van der Waals surface area (Å²) in [7, 11) is 61.8.